The summed E-state index contributed by atoms with van der Waals surface area (Å²) in [7, 11) is -0.437. The Hall–Kier alpha value is -1.65. The number of piperidine rings is 1. The molecule has 1 fully saturated rings. The van der Waals surface area contributed by atoms with Crippen molar-refractivity contribution >= 4 is 27.4 Å². The van der Waals surface area contributed by atoms with Crippen molar-refractivity contribution in [1.82, 2.24) is 9.21 Å². The quantitative estimate of drug-likeness (QED) is 0.622. The van der Waals surface area contributed by atoms with Gasteiger partial charge in [0.05, 0.1) is 4.91 Å². The van der Waals surface area contributed by atoms with Crippen molar-refractivity contribution in [2.75, 3.05) is 40.3 Å². The fraction of sp³-hybridized carbons (Fsp3) is 0.500. The molecule has 0 amide bonds. The van der Waals surface area contributed by atoms with Gasteiger partial charge in [0.15, 0.2) is 0 Å². The van der Waals surface area contributed by atoms with Crippen molar-refractivity contribution in [2.24, 2.45) is 5.92 Å². The van der Waals surface area contributed by atoms with E-state index in [2.05, 4.69) is 11.0 Å². The molecule has 0 bridgehead atoms. The molecular formula is C24H31FN2O4S2. The van der Waals surface area contributed by atoms with Gasteiger partial charge in [-0.25, -0.2) is 17.1 Å². The summed E-state index contributed by atoms with van der Waals surface area (Å²) in [6.45, 7) is 3.20. The lowest BCUT2D eigenvalue weighted by molar-refractivity contribution is 0.160. The number of hydrogen-bond donors (Lipinski definition) is 1. The third-order valence-corrected chi connectivity index (χ3v) is 10.2. The summed E-state index contributed by atoms with van der Waals surface area (Å²) in [6, 6.07) is 4.49. The summed E-state index contributed by atoms with van der Waals surface area (Å²) < 4.78 is 45.8. The van der Waals surface area contributed by atoms with Crippen LogP contribution in [0.4, 0.5) is 4.39 Å². The zero-order valence-electron chi connectivity index (χ0n) is 19.0. The van der Waals surface area contributed by atoms with E-state index in [1.54, 1.807) is 18.2 Å². The Labute approximate surface area is 199 Å². The average Bonchev–Trinajstić information content (AvgIpc) is 2.79. The Morgan fingerprint density at radius 2 is 2.06 bits per heavy atom. The van der Waals surface area contributed by atoms with Crippen LogP contribution in [0.25, 0.3) is 5.57 Å². The van der Waals surface area contributed by atoms with E-state index >= 15 is 0 Å². The number of aliphatic hydroxyl groups excluding tert-OH is 1. The highest BCUT2D eigenvalue weighted by atomic mass is 32.3. The Morgan fingerprint density at radius 1 is 1.30 bits per heavy atom. The molecule has 1 atom stereocenters. The predicted octanol–water partition coefficient (Wildman–Crippen LogP) is 3.82. The molecule has 3 heterocycles. The lowest BCUT2D eigenvalue weighted by Crippen LogP contribution is -2.34. The van der Waals surface area contributed by atoms with E-state index in [-0.39, 0.29) is 12.4 Å². The first kappa shape index (κ1) is 24.5. The molecule has 180 valence electrons. The number of hydrogen-bond acceptors (Lipinski definition) is 6. The minimum Gasteiger partial charge on any atom is -0.455 e. The highest BCUT2D eigenvalue weighted by molar-refractivity contribution is 8.15. The summed E-state index contributed by atoms with van der Waals surface area (Å²) >= 11 is 1.26. The average molecular weight is 495 g/mol. The maximum atomic E-state index is 13.9. The van der Waals surface area contributed by atoms with Crippen LogP contribution in [0.2, 0.25) is 0 Å². The van der Waals surface area contributed by atoms with Gasteiger partial charge in [0, 0.05) is 38.9 Å². The lowest BCUT2D eigenvalue weighted by Gasteiger charge is -2.32. The first-order chi connectivity index (χ1) is 15.8. The van der Waals surface area contributed by atoms with Crippen LogP contribution in [0.15, 0.2) is 47.1 Å². The van der Waals surface area contributed by atoms with Gasteiger partial charge in [-0.1, -0.05) is 23.9 Å². The van der Waals surface area contributed by atoms with Gasteiger partial charge in [0.1, 0.15) is 21.9 Å². The lowest BCUT2D eigenvalue weighted by atomic mass is 9.94. The van der Waals surface area contributed by atoms with Gasteiger partial charge in [-0.2, -0.15) is 0 Å². The van der Waals surface area contributed by atoms with E-state index in [0.29, 0.717) is 17.4 Å². The molecule has 9 heteroatoms. The van der Waals surface area contributed by atoms with Crippen molar-refractivity contribution in [1.29, 1.82) is 0 Å². The first-order valence-corrected chi connectivity index (χ1v) is 13.7. The number of ether oxygens (including phenoxy) is 1. The van der Waals surface area contributed by atoms with Crippen molar-refractivity contribution in [3.63, 3.8) is 0 Å². The number of fused-ring (bicyclic) bond motifs is 1. The molecular weight excluding hydrogens is 463 g/mol. The fourth-order valence-corrected chi connectivity index (χ4v) is 7.34. The zero-order valence-corrected chi connectivity index (χ0v) is 20.7. The predicted molar refractivity (Wildman–Crippen MR) is 131 cm³/mol. The molecule has 0 saturated carbocycles. The van der Waals surface area contributed by atoms with Crippen molar-refractivity contribution in [3.8, 4) is 5.75 Å². The van der Waals surface area contributed by atoms with E-state index in [9.17, 15) is 12.8 Å². The van der Waals surface area contributed by atoms with E-state index in [4.69, 9.17) is 9.84 Å². The normalized spacial score (nSPS) is 23.1. The van der Waals surface area contributed by atoms with Crippen LogP contribution in [-0.2, 0) is 10.0 Å². The number of sulfonamides is 1. The Morgan fingerprint density at radius 3 is 2.76 bits per heavy atom. The molecule has 1 saturated heterocycles. The van der Waals surface area contributed by atoms with Crippen molar-refractivity contribution < 1.29 is 22.7 Å². The fourth-order valence-electron chi connectivity index (χ4n) is 4.42. The monoisotopic (exact) mass is 494 g/mol. The number of likely N-dealkylation sites (tertiary alicyclic amines) is 1. The van der Waals surface area contributed by atoms with Gasteiger partial charge in [0.2, 0.25) is 10.0 Å². The molecule has 0 aromatic heterocycles. The van der Waals surface area contributed by atoms with Crippen LogP contribution in [0.3, 0.4) is 0 Å². The van der Waals surface area contributed by atoms with Gasteiger partial charge in [-0.05, 0) is 68.5 Å². The maximum Gasteiger partial charge on any atom is 0.229 e. The summed E-state index contributed by atoms with van der Waals surface area (Å²) in [6.07, 6.45) is 9.31. The van der Waals surface area contributed by atoms with E-state index in [1.807, 2.05) is 0 Å². The maximum absolute atomic E-state index is 13.9. The molecule has 3 aliphatic rings. The molecule has 1 unspecified atom stereocenters. The van der Waals surface area contributed by atoms with E-state index in [1.165, 1.54) is 42.3 Å². The van der Waals surface area contributed by atoms with Crippen LogP contribution in [0, 0.1) is 11.7 Å². The molecule has 6 nitrogen and oxygen atoms in total. The smallest absolute Gasteiger partial charge is 0.229 e. The summed E-state index contributed by atoms with van der Waals surface area (Å²) in [4.78, 5) is 3.20. The minimum absolute atomic E-state index is 0.257. The second kappa shape index (κ2) is 10.3. The van der Waals surface area contributed by atoms with Crippen molar-refractivity contribution in [3.05, 3.63) is 58.5 Å². The highest BCUT2D eigenvalue weighted by Gasteiger charge is 2.35. The molecule has 0 radical (unpaired) electrons. The molecule has 3 aliphatic heterocycles. The highest BCUT2D eigenvalue weighted by Crippen LogP contribution is 2.48. The third kappa shape index (κ3) is 5.38. The number of halogens is 1. The third-order valence-electron chi connectivity index (χ3n) is 6.40. The molecule has 0 spiro atoms. The van der Waals surface area contributed by atoms with Crippen LogP contribution < -0.4 is 4.74 Å². The summed E-state index contributed by atoms with van der Waals surface area (Å²) in [5.74, 6) is 1.24. The first-order valence-electron chi connectivity index (χ1n) is 11.3. The molecule has 0 aliphatic carbocycles. The van der Waals surface area contributed by atoms with Crippen LogP contribution >= 0.6 is 11.8 Å². The number of aliphatic hydroxyl groups is 1. The number of benzene rings is 1. The second-order valence-corrected chi connectivity index (χ2v) is 12.5. The minimum atomic E-state index is -3.50. The summed E-state index contributed by atoms with van der Waals surface area (Å²) in [5.41, 5.74) is 1.68. The van der Waals surface area contributed by atoms with Gasteiger partial charge in [-0.15, -0.1) is 0 Å². The Bertz CT molecular complexity index is 1070. The van der Waals surface area contributed by atoms with Crippen LogP contribution in [-0.4, -0.2) is 67.6 Å². The topological polar surface area (TPSA) is 70.1 Å². The second-order valence-electron chi connectivity index (χ2n) is 8.81. The molecule has 1 N–H and O–H groups in total. The number of thioether (sulfide) groups is 1. The summed E-state index contributed by atoms with van der Waals surface area (Å²) in [5, 5.41) is 9.15. The number of nitrogens with zero attached hydrogens (tertiary/aromatic N) is 2. The molecule has 1 aromatic carbocycles. The van der Waals surface area contributed by atoms with Crippen LogP contribution in [0.1, 0.15) is 31.2 Å². The zero-order chi connectivity index (χ0) is 23.6. The van der Waals surface area contributed by atoms with Gasteiger partial charge < -0.3 is 14.7 Å². The van der Waals surface area contributed by atoms with Gasteiger partial charge in [-0.3, -0.25) is 0 Å². The number of rotatable bonds is 7. The molecule has 33 heavy (non-hydrogen) atoms. The van der Waals surface area contributed by atoms with Gasteiger partial charge in [0.25, 0.3) is 0 Å². The van der Waals surface area contributed by atoms with Gasteiger partial charge >= 0.3 is 0 Å². The molecule has 4 rings (SSSR count). The number of allylic oxidation sites excluding steroid dienone is 2. The SMILES string of the molecule is CN(C)S(=O)(=O)C1C=CC2=C(S1)C(=CCCN1CCC(CCO)CC1)c1ccc(F)cc1O2. The Balaban J connectivity index is 1.55. The Kier molecular flexibility index (Phi) is 7.65. The standard InChI is InChI=1S/C24H31FN2O4S2/c1-26(2)33(29,30)23-8-7-21-24(32-23)20(19-6-5-18(25)16-22(19)31-21)4-3-12-27-13-9-17(10-14-27)11-15-28/h4-8,16-17,23,28H,3,9-15H2,1-2H3. The van der Waals surface area contributed by atoms with E-state index in [0.717, 1.165) is 61.4 Å². The molecule has 1 aromatic rings. The van der Waals surface area contributed by atoms with E-state index < -0.39 is 14.6 Å². The largest absolute Gasteiger partial charge is 0.455 e. The van der Waals surface area contributed by atoms with Crippen molar-refractivity contribution in [2.45, 2.75) is 30.3 Å². The van der Waals surface area contributed by atoms with Crippen LogP contribution in [0.5, 0.6) is 5.75 Å².